The summed E-state index contributed by atoms with van der Waals surface area (Å²) >= 11 is 0. The van der Waals surface area contributed by atoms with Crippen molar-refractivity contribution in [3.63, 3.8) is 0 Å². The minimum atomic E-state index is -4.82. The van der Waals surface area contributed by atoms with E-state index in [-0.39, 0.29) is 36.2 Å². The summed E-state index contributed by atoms with van der Waals surface area (Å²) in [6.45, 7) is 8.19. The standard InChI is InChI=1S/C16H30O7S.C2H4.Na/c1-2-3-4-5-6-7-8-9-10-11-12-23-16(19)14(13-15(17)18)24(20,21)22;1-2;/h14H,2-13H2,1H3,(H,17,18)(H,20,21,22);1-2H2;/q;;+1/p-1. The number of carbonyl (C=O) groups excluding carboxylic acids is 2. The van der Waals surface area contributed by atoms with Crippen molar-refractivity contribution in [2.75, 3.05) is 6.61 Å². The fourth-order valence-corrected chi connectivity index (χ4v) is 2.97. The quantitative estimate of drug-likeness (QED) is 0.127. The van der Waals surface area contributed by atoms with Gasteiger partial charge in [-0.25, -0.2) is 0 Å². The van der Waals surface area contributed by atoms with Gasteiger partial charge in [0.2, 0.25) is 0 Å². The molecule has 7 nitrogen and oxygen atoms in total. The molecule has 154 valence electrons. The van der Waals surface area contributed by atoms with Crippen LogP contribution in [0.5, 0.6) is 0 Å². The van der Waals surface area contributed by atoms with Crippen molar-refractivity contribution >= 4 is 22.1 Å². The maximum Gasteiger partial charge on any atom is 1.00 e. The molecule has 0 saturated heterocycles. The molecule has 0 aromatic carbocycles. The second-order valence-electron chi connectivity index (χ2n) is 5.93. The summed E-state index contributed by atoms with van der Waals surface area (Å²) in [6.07, 6.45) is 9.90. The van der Waals surface area contributed by atoms with Crippen LogP contribution in [0.25, 0.3) is 0 Å². The molecule has 1 unspecified atom stereocenters. The van der Waals surface area contributed by atoms with Gasteiger partial charge in [0, 0.05) is 12.4 Å². The van der Waals surface area contributed by atoms with E-state index in [1.165, 1.54) is 38.5 Å². The number of carbonyl (C=O) groups is 2. The van der Waals surface area contributed by atoms with E-state index in [4.69, 9.17) is 9.29 Å². The minimum Gasteiger partial charge on any atom is -0.550 e. The number of carboxylic acid groups (broad SMARTS) is 1. The molecule has 0 aliphatic rings. The first kappa shape index (κ1) is 31.3. The van der Waals surface area contributed by atoms with Crippen molar-refractivity contribution in [1.29, 1.82) is 0 Å². The van der Waals surface area contributed by atoms with E-state index < -0.39 is 33.7 Å². The largest absolute Gasteiger partial charge is 1.00 e. The van der Waals surface area contributed by atoms with E-state index in [1.54, 1.807) is 0 Å². The molecule has 0 heterocycles. The molecule has 0 fully saturated rings. The van der Waals surface area contributed by atoms with Gasteiger partial charge in [0.05, 0.1) is 6.61 Å². The Morgan fingerprint density at radius 2 is 1.37 bits per heavy atom. The van der Waals surface area contributed by atoms with Crippen molar-refractivity contribution in [1.82, 2.24) is 0 Å². The maximum atomic E-state index is 11.5. The SMILES string of the molecule is C=C.CCCCCCCCCCCCOC(=O)C(CC(=O)[O-])S(=O)(=O)O.[Na+]. The van der Waals surface area contributed by atoms with Crippen LogP contribution in [0, 0.1) is 0 Å². The van der Waals surface area contributed by atoms with Crippen LogP contribution in [0.1, 0.15) is 77.6 Å². The number of unbranched alkanes of at least 4 members (excludes halogenated alkanes) is 9. The minimum absolute atomic E-state index is 0. The molecule has 0 saturated carbocycles. The van der Waals surface area contributed by atoms with E-state index in [1.807, 2.05) is 0 Å². The van der Waals surface area contributed by atoms with E-state index in [0.29, 0.717) is 6.42 Å². The number of hydrogen-bond donors (Lipinski definition) is 1. The molecule has 0 amide bonds. The molecule has 0 aromatic rings. The smallest absolute Gasteiger partial charge is 0.550 e. The molecule has 0 aliphatic heterocycles. The Balaban J connectivity index is -0.00000185. The first-order chi connectivity index (χ1) is 12.3. The normalized spacial score (nSPS) is 11.5. The van der Waals surface area contributed by atoms with Gasteiger partial charge < -0.3 is 14.6 Å². The third-order valence-corrected chi connectivity index (χ3v) is 4.79. The third-order valence-electron chi connectivity index (χ3n) is 3.72. The summed E-state index contributed by atoms with van der Waals surface area (Å²) in [6, 6.07) is 0. The fourth-order valence-electron chi connectivity index (χ4n) is 2.32. The van der Waals surface area contributed by atoms with Gasteiger partial charge in [-0.15, -0.1) is 13.2 Å². The predicted molar refractivity (Wildman–Crippen MR) is 99.0 cm³/mol. The van der Waals surface area contributed by atoms with Gasteiger partial charge in [0.25, 0.3) is 10.1 Å². The Kier molecular flexibility index (Phi) is 23.6. The van der Waals surface area contributed by atoms with Crippen LogP contribution in [0.3, 0.4) is 0 Å². The Hall–Kier alpha value is -0.410. The summed E-state index contributed by atoms with van der Waals surface area (Å²) in [5.74, 6) is -2.99. The predicted octanol–water partition coefficient (Wildman–Crippen LogP) is -0.347. The number of hydrogen-bond acceptors (Lipinski definition) is 6. The zero-order valence-corrected chi connectivity index (χ0v) is 19.6. The van der Waals surface area contributed by atoms with Gasteiger partial charge in [-0.2, -0.15) is 8.42 Å². The second-order valence-corrected chi connectivity index (χ2v) is 7.53. The zero-order valence-electron chi connectivity index (χ0n) is 16.8. The third kappa shape index (κ3) is 20.1. The molecule has 1 N–H and O–H groups in total. The number of aliphatic carboxylic acids is 1. The first-order valence-electron chi connectivity index (χ1n) is 9.11. The first-order valence-corrected chi connectivity index (χ1v) is 10.6. The van der Waals surface area contributed by atoms with Crippen molar-refractivity contribution in [2.45, 2.75) is 82.8 Å². The zero-order chi connectivity index (χ0) is 20.4. The number of esters is 1. The monoisotopic (exact) mass is 416 g/mol. The Morgan fingerprint density at radius 3 is 1.74 bits per heavy atom. The average molecular weight is 417 g/mol. The molecule has 0 bridgehead atoms. The molecule has 0 aliphatic carbocycles. The van der Waals surface area contributed by atoms with Crippen LogP contribution in [0.15, 0.2) is 13.2 Å². The van der Waals surface area contributed by atoms with E-state index in [2.05, 4.69) is 20.1 Å². The van der Waals surface area contributed by atoms with Gasteiger partial charge in [0.1, 0.15) is 0 Å². The number of carboxylic acids is 1. The molecule has 0 spiro atoms. The van der Waals surface area contributed by atoms with Gasteiger partial charge in [0.15, 0.2) is 5.25 Å². The Bertz CT molecular complexity index is 480. The van der Waals surface area contributed by atoms with Crippen molar-refractivity contribution in [3.8, 4) is 0 Å². The van der Waals surface area contributed by atoms with Crippen LogP contribution >= 0.6 is 0 Å². The van der Waals surface area contributed by atoms with Crippen LogP contribution < -0.4 is 34.7 Å². The summed E-state index contributed by atoms with van der Waals surface area (Å²) in [7, 11) is -4.82. The van der Waals surface area contributed by atoms with Crippen LogP contribution in [-0.4, -0.2) is 36.8 Å². The van der Waals surface area contributed by atoms with E-state index in [0.717, 1.165) is 19.3 Å². The van der Waals surface area contributed by atoms with E-state index >= 15 is 0 Å². The van der Waals surface area contributed by atoms with Crippen LogP contribution in [0.4, 0.5) is 0 Å². The van der Waals surface area contributed by atoms with Gasteiger partial charge in [-0.05, 0) is 6.42 Å². The molecular formula is C18H33NaO7S. The van der Waals surface area contributed by atoms with Crippen LogP contribution in [0.2, 0.25) is 0 Å². The number of ether oxygens (including phenoxy) is 1. The number of rotatable bonds is 15. The molecule has 1 atom stereocenters. The van der Waals surface area contributed by atoms with Crippen molar-refractivity contribution in [3.05, 3.63) is 13.2 Å². The maximum absolute atomic E-state index is 11.5. The molecular weight excluding hydrogens is 383 g/mol. The Labute approximate surface area is 186 Å². The van der Waals surface area contributed by atoms with Gasteiger partial charge in [-0.3, -0.25) is 9.35 Å². The molecule has 27 heavy (non-hydrogen) atoms. The second kappa shape index (κ2) is 20.3. The van der Waals surface area contributed by atoms with Crippen molar-refractivity contribution in [2.24, 2.45) is 0 Å². The molecule has 9 heteroatoms. The van der Waals surface area contributed by atoms with E-state index in [9.17, 15) is 23.1 Å². The summed E-state index contributed by atoms with van der Waals surface area (Å²) < 4.78 is 35.5. The van der Waals surface area contributed by atoms with Gasteiger partial charge in [-0.1, -0.05) is 64.7 Å². The summed E-state index contributed by atoms with van der Waals surface area (Å²) in [4.78, 5) is 22.0. The fraction of sp³-hybridized carbons (Fsp3) is 0.778. The molecule has 0 radical (unpaired) electrons. The average Bonchev–Trinajstić information content (AvgIpc) is 2.58. The van der Waals surface area contributed by atoms with Crippen LogP contribution in [-0.2, 0) is 24.4 Å². The van der Waals surface area contributed by atoms with Crippen molar-refractivity contribution < 1.29 is 62.0 Å². The topological polar surface area (TPSA) is 121 Å². The molecule has 0 aromatic heterocycles. The van der Waals surface area contributed by atoms with Gasteiger partial charge >= 0.3 is 35.5 Å². The molecule has 0 rings (SSSR count). The summed E-state index contributed by atoms with van der Waals surface area (Å²) in [5, 5.41) is 8.31. The summed E-state index contributed by atoms with van der Waals surface area (Å²) in [5.41, 5.74) is 0. The Morgan fingerprint density at radius 1 is 0.963 bits per heavy atom.